The molecule has 1 aromatic carbocycles. The molecule has 0 bridgehead atoms. The Labute approximate surface area is 141 Å². The highest BCUT2D eigenvalue weighted by atomic mass is 32.1. The average Bonchev–Trinajstić information content (AvgIpc) is 2.97. The van der Waals surface area contributed by atoms with E-state index in [2.05, 4.69) is 10.3 Å². The maximum absolute atomic E-state index is 12.0. The quantitative estimate of drug-likeness (QED) is 0.833. The van der Waals surface area contributed by atoms with E-state index in [9.17, 15) is 14.4 Å². The molecule has 2 aromatic rings. The second-order valence-electron chi connectivity index (χ2n) is 5.39. The van der Waals surface area contributed by atoms with Gasteiger partial charge in [0.2, 0.25) is 5.91 Å². The van der Waals surface area contributed by atoms with Crippen molar-refractivity contribution in [3.05, 3.63) is 52.5 Å². The summed E-state index contributed by atoms with van der Waals surface area (Å²) >= 11 is 1.09. The number of aromatic nitrogens is 1. The van der Waals surface area contributed by atoms with Crippen LogP contribution in [0.5, 0.6) is 0 Å². The van der Waals surface area contributed by atoms with Gasteiger partial charge in [-0.3, -0.25) is 19.7 Å². The predicted molar refractivity (Wildman–Crippen MR) is 90.0 cm³/mol. The number of hydrogen-bond acceptors (Lipinski definition) is 5. The molecule has 1 heterocycles. The van der Waals surface area contributed by atoms with E-state index in [1.165, 1.54) is 6.08 Å². The first-order chi connectivity index (χ1) is 11.5. The van der Waals surface area contributed by atoms with Gasteiger partial charge >= 0.3 is 5.97 Å². The van der Waals surface area contributed by atoms with Gasteiger partial charge in [-0.1, -0.05) is 41.7 Å². The lowest BCUT2D eigenvalue weighted by atomic mass is 9.90. The van der Waals surface area contributed by atoms with Gasteiger partial charge < -0.3 is 5.11 Å². The van der Waals surface area contributed by atoms with Gasteiger partial charge in [-0.25, -0.2) is 4.98 Å². The minimum Gasteiger partial charge on any atom is -0.481 e. The second kappa shape index (κ2) is 6.76. The first kappa shape index (κ1) is 16.1. The van der Waals surface area contributed by atoms with Crippen LogP contribution in [0.15, 0.2) is 36.4 Å². The third kappa shape index (κ3) is 3.57. The van der Waals surface area contributed by atoms with Gasteiger partial charge in [0.1, 0.15) is 0 Å². The van der Waals surface area contributed by atoms with Crippen LogP contribution in [0.4, 0.5) is 5.13 Å². The molecule has 0 saturated heterocycles. The largest absolute Gasteiger partial charge is 0.481 e. The molecule has 24 heavy (non-hydrogen) atoms. The number of anilines is 1. The van der Waals surface area contributed by atoms with E-state index < -0.39 is 11.9 Å². The van der Waals surface area contributed by atoms with E-state index in [0.29, 0.717) is 15.7 Å². The zero-order valence-electron chi connectivity index (χ0n) is 12.6. The molecule has 1 aromatic heterocycles. The monoisotopic (exact) mass is 342 g/mol. The van der Waals surface area contributed by atoms with Crippen molar-refractivity contribution in [2.45, 2.75) is 12.8 Å². The molecule has 1 amide bonds. The fourth-order valence-electron chi connectivity index (χ4n) is 2.44. The summed E-state index contributed by atoms with van der Waals surface area (Å²) in [5, 5.41) is 12.0. The number of fused-ring (bicyclic) bond motifs is 1. The Bertz CT molecular complexity index is 826. The molecule has 0 radical (unpaired) electrons. The molecule has 3 rings (SSSR count). The van der Waals surface area contributed by atoms with Crippen LogP contribution in [-0.4, -0.2) is 27.8 Å². The zero-order chi connectivity index (χ0) is 17.1. The Morgan fingerprint density at radius 1 is 1.25 bits per heavy atom. The van der Waals surface area contributed by atoms with Crippen LogP contribution in [-0.2, 0) is 16.0 Å². The number of aliphatic carboxylic acids is 1. The number of rotatable bonds is 4. The molecular weight excluding hydrogens is 328 g/mol. The van der Waals surface area contributed by atoms with Crippen molar-refractivity contribution in [2.75, 3.05) is 5.32 Å². The molecule has 0 spiro atoms. The number of benzene rings is 1. The van der Waals surface area contributed by atoms with Crippen molar-refractivity contribution in [2.24, 2.45) is 5.92 Å². The molecule has 1 aliphatic rings. The lowest BCUT2D eigenvalue weighted by molar-refractivity contribution is -0.141. The predicted octanol–water partition coefficient (Wildman–Crippen LogP) is 2.62. The number of Topliss-reactive ketones (excluding diaryl/α,β-unsaturated/α-hetero) is 1. The van der Waals surface area contributed by atoms with Crippen molar-refractivity contribution in [1.82, 2.24) is 4.98 Å². The number of carbonyl (C=O) groups is 3. The zero-order valence-corrected chi connectivity index (χ0v) is 13.4. The van der Waals surface area contributed by atoms with E-state index in [4.69, 9.17) is 5.11 Å². The molecule has 2 N–H and O–H groups in total. The molecule has 0 fully saturated rings. The average molecular weight is 342 g/mol. The lowest BCUT2D eigenvalue weighted by Gasteiger charge is -2.15. The summed E-state index contributed by atoms with van der Waals surface area (Å²) in [7, 11) is 0. The first-order valence-corrected chi connectivity index (χ1v) is 8.14. The second-order valence-corrected chi connectivity index (χ2v) is 6.39. The van der Waals surface area contributed by atoms with Crippen LogP contribution in [0.2, 0.25) is 0 Å². The smallest absolute Gasteiger partial charge is 0.307 e. The number of carboxylic acid groups (broad SMARTS) is 1. The van der Waals surface area contributed by atoms with Crippen molar-refractivity contribution < 1.29 is 19.5 Å². The van der Waals surface area contributed by atoms with Crippen molar-refractivity contribution in [3.63, 3.8) is 0 Å². The topological polar surface area (TPSA) is 96.4 Å². The summed E-state index contributed by atoms with van der Waals surface area (Å²) in [5.74, 6) is -2.33. The number of hydrogen-bond donors (Lipinski definition) is 2. The van der Waals surface area contributed by atoms with E-state index >= 15 is 0 Å². The highest BCUT2D eigenvalue weighted by Gasteiger charge is 2.32. The molecule has 1 aliphatic carbocycles. The number of carbonyl (C=O) groups excluding carboxylic acids is 2. The molecule has 0 aliphatic heterocycles. The third-order valence-corrected chi connectivity index (χ3v) is 4.68. The Kier molecular flexibility index (Phi) is 4.52. The highest BCUT2D eigenvalue weighted by Crippen LogP contribution is 2.32. The number of carboxylic acids is 1. The maximum Gasteiger partial charge on any atom is 0.307 e. The van der Waals surface area contributed by atoms with Crippen LogP contribution in [0.3, 0.4) is 0 Å². The van der Waals surface area contributed by atoms with Crippen molar-refractivity contribution >= 4 is 40.2 Å². The third-order valence-electron chi connectivity index (χ3n) is 3.63. The van der Waals surface area contributed by atoms with Crippen LogP contribution in [0.1, 0.15) is 27.3 Å². The summed E-state index contributed by atoms with van der Waals surface area (Å²) < 4.78 is 0. The molecular formula is C17H14N2O4S. The standard InChI is InChI=1S/C17H14N2O4S/c20-13-9-11(16(22)23)8-12-15(13)24-17(18-12)19-14(21)7-6-10-4-2-1-3-5-10/h1-7,11H,8-9H2,(H,22,23)(H,18,19,21). The van der Waals surface area contributed by atoms with Crippen LogP contribution >= 0.6 is 11.3 Å². The Balaban J connectivity index is 1.70. The van der Waals surface area contributed by atoms with Gasteiger partial charge in [0.05, 0.1) is 16.5 Å². The maximum atomic E-state index is 12.0. The number of thiazole rings is 1. The number of nitrogens with zero attached hydrogens (tertiary/aromatic N) is 1. The van der Waals surface area contributed by atoms with Gasteiger partial charge in [0.15, 0.2) is 10.9 Å². The van der Waals surface area contributed by atoms with E-state index in [0.717, 1.165) is 16.9 Å². The van der Waals surface area contributed by atoms with Gasteiger partial charge in [0, 0.05) is 18.9 Å². The fraction of sp³-hybridized carbons (Fsp3) is 0.176. The van der Waals surface area contributed by atoms with E-state index in [-0.39, 0.29) is 24.5 Å². The number of amides is 1. The summed E-state index contributed by atoms with van der Waals surface area (Å²) in [6.07, 6.45) is 3.25. The fourth-order valence-corrected chi connectivity index (χ4v) is 3.39. The summed E-state index contributed by atoms with van der Waals surface area (Å²) in [5.41, 5.74) is 1.34. The normalized spacial score (nSPS) is 16.8. The Hall–Kier alpha value is -2.80. The lowest BCUT2D eigenvalue weighted by Crippen LogP contribution is -2.25. The SMILES string of the molecule is O=C(C=Cc1ccccc1)Nc1nc2c(s1)C(=O)CC(C(=O)O)C2. The first-order valence-electron chi connectivity index (χ1n) is 7.33. The summed E-state index contributed by atoms with van der Waals surface area (Å²) in [6, 6.07) is 9.37. The minimum absolute atomic E-state index is 0.0220. The van der Waals surface area contributed by atoms with E-state index in [1.54, 1.807) is 6.08 Å². The summed E-state index contributed by atoms with van der Waals surface area (Å²) in [6.45, 7) is 0. The van der Waals surface area contributed by atoms with Gasteiger partial charge in [-0.05, 0) is 11.6 Å². The van der Waals surface area contributed by atoms with Gasteiger partial charge in [-0.15, -0.1) is 0 Å². The minimum atomic E-state index is -1.00. The number of nitrogens with one attached hydrogen (secondary N) is 1. The Morgan fingerprint density at radius 3 is 2.71 bits per heavy atom. The van der Waals surface area contributed by atoms with E-state index in [1.807, 2.05) is 30.3 Å². The van der Waals surface area contributed by atoms with Gasteiger partial charge in [-0.2, -0.15) is 0 Å². The van der Waals surface area contributed by atoms with Crippen LogP contribution < -0.4 is 5.32 Å². The number of ketones is 1. The van der Waals surface area contributed by atoms with Crippen molar-refractivity contribution in [1.29, 1.82) is 0 Å². The van der Waals surface area contributed by atoms with Gasteiger partial charge in [0.25, 0.3) is 0 Å². The molecule has 0 saturated carbocycles. The highest BCUT2D eigenvalue weighted by molar-refractivity contribution is 7.17. The van der Waals surface area contributed by atoms with Crippen molar-refractivity contribution in [3.8, 4) is 0 Å². The molecule has 7 heteroatoms. The summed E-state index contributed by atoms with van der Waals surface area (Å²) in [4.78, 5) is 39.6. The molecule has 1 unspecified atom stereocenters. The molecule has 6 nitrogen and oxygen atoms in total. The molecule has 122 valence electrons. The van der Waals surface area contributed by atoms with Crippen LogP contribution in [0.25, 0.3) is 6.08 Å². The Morgan fingerprint density at radius 2 is 2.00 bits per heavy atom. The molecule has 1 atom stereocenters. The van der Waals surface area contributed by atoms with Crippen LogP contribution in [0, 0.1) is 5.92 Å².